The van der Waals surface area contributed by atoms with Crippen molar-refractivity contribution in [2.75, 3.05) is 0 Å². The molecule has 0 bridgehead atoms. The smallest absolute Gasteiger partial charge is 0.145 e. The summed E-state index contributed by atoms with van der Waals surface area (Å²) < 4.78 is 2.31. The van der Waals surface area contributed by atoms with E-state index in [-0.39, 0.29) is 5.41 Å². The minimum absolute atomic E-state index is 0.151. The molecule has 2 aliphatic carbocycles. The minimum atomic E-state index is 0.151. The van der Waals surface area contributed by atoms with Crippen LogP contribution in [0.4, 0.5) is 0 Å². The Kier molecular flexibility index (Phi) is 9.68. The molecule has 0 saturated heterocycles. The number of benzene rings is 6. The van der Waals surface area contributed by atoms with Crippen LogP contribution in [0.1, 0.15) is 54.5 Å². The highest BCUT2D eigenvalue weighted by Gasteiger charge is 2.34. The molecular weight excluding hydrogens is 617 g/mol. The lowest BCUT2D eigenvalue weighted by Crippen LogP contribution is -2.14. The number of rotatable bonds is 3. The Balaban J connectivity index is 0.000000124. The highest BCUT2D eigenvalue weighted by Crippen LogP contribution is 2.48. The first-order chi connectivity index (χ1) is 24.8. The predicted octanol–water partition coefficient (Wildman–Crippen LogP) is 13.2. The lowest BCUT2D eigenvalue weighted by molar-refractivity contribution is 0.660. The molecule has 1 aromatic heterocycles. The molecule has 2 nitrogen and oxygen atoms in total. The first kappa shape index (κ1) is 33.8. The molecule has 51 heavy (non-hydrogen) atoms. The number of aromatic nitrogens is 2. The lowest BCUT2D eigenvalue weighted by Gasteiger charge is -2.21. The molecule has 7 aromatic rings. The Morgan fingerprint density at radius 1 is 0.549 bits per heavy atom. The molecule has 0 aliphatic heterocycles. The van der Waals surface area contributed by atoms with Gasteiger partial charge in [-0.2, -0.15) is 0 Å². The first-order valence-electron chi connectivity index (χ1n) is 18.0. The van der Waals surface area contributed by atoms with E-state index in [1.807, 2.05) is 12.1 Å². The lowest BCUT2D eigenvalue weighted by atomic mass is 9.82. The molecule has 0 N–H and O–H groups in total. The van der Waals surface area contributed by atoms with Gasteiger partial charge in [-0.3, -0.25) is 4.57 Å². The molecule has 0 saturated carbocycles. The average Bonchev–Trinajstić information content (AvgIpc) is 3.66. The number of nitrogens with zero attached hydrogens (tertiary/aromatic N) is 2. The van der Waals surface area contributed by atoms with Crippen molar-refractivity contribution in [3.05, 3.63) is 192 Å². The summed E-state index contributed by atoms with van der Waals surface area (Å²) in [4.78, 5) is 4.89. The van der Waals surface area contributed by atoms with Gasteiger partial charge >= 0.3 is 0 Å². The molecular formula is C49H46N2. The second-order valence-electron chi connectivity index (χ2n) is 14.2. The summed E-state index contributed by atoms with van der Waals surface area (Å²) in [5, 5.41) is 0. The van der Waals surface area contributed by atoms with Crippen molar-refractivity contribution in [3.63, 3.8) is 0 Å². The number of imidazole rings is 1. The standard InChI is InChI=1S/C20H18N2.C16H16.C13H12/c1-15-11-13-16(14-12-15)20-21-18-9-5-6-10-19(18)22(20)17-7-3-2-4-8-17;1-11-8-9-13-12-6-4-5-7-14(12)16(2,3)15(13)10-11;1-11-7-9-13(10-8-11)12-5-3-2-4-6-12/h2-3,5-7,9-14H,4,8H2,1H3;4-10H,1-3H3;2-10H,1H3. The summed E-state index contributed by atoms with van der Waals surface area (Å²) in [6, 6.07) is 51.6. The zero-order chi connectivity index (χ0) is 35.4. The third kappa shape index (κ3) is 7.14. The minimum Gasteiger partial charge on any atom is -0.296 e. The molecule has 1 heterocycles. The van der Waals surface area contributed by atoms with E-state index < -0.39 is 0 Å². The Labute approximate surface area is 303 Å². The van der Waals surface area contributed by atoms with Gasteiger partial charge < -0.3 is 0 Å². The van der Waals surface area contributed by atoms with E-state index in [1.54, 1.807) is 0 Å². The number of allylic oxidation sites excluding steroid dienone is 4. The Bertz CT molecular complexity index is 2330. The summed E-state index contributed by atoms with van der Waals surface area (Å²) in [5.74, 6) is 1.03. The highest BCUT2D eigenvalue weighted by atomic mass is 15.1. The van der Waals surface area contributed by atoms with Gasteiger partial charge in [-0.15, -0.1) is 0 Å². The fourth-order valence-corrected chi connectivity index (χ4v) is 7.18. The molecule has 0 amide bonds. The Hall–Kier alpha value is -5.73. The SMILES string of the molecule is Cc1ccc(-c2ccccc2)cc1.Cc1ccc(-c2nc3ccccc3n2C2=CC=CCC2)cc1.Cc1ccc2c(c1)C(C)(C)c1ccccc1-2. The van der Waals surface area contributed by atoms with Crippen molar-refractivity contribution in [1.82, 2.24) is 9.55 Å². The van der Waals surface area contributed by atoms with Crippen LogP contribution in [0.2, 0.25) is 0 Å². The van der Waals surface area contributed by atoms with Gasteiger partial charge in [0.1, 0.15) is 5.82 Å². The summed E-state index contributed by atoms with van der Waals surface area (Å²) in [7, 11) is 0. The molecule has 0 fully saturated rings. The quantitative estimate of drug-likeness (QED) is 0.184. The molecule has 252 valence electrons. The summed E-state index contributed by atoms with van der Waals surface area (Å²) >= 11 is 0. The summed E-state index contributed by atoms with van der Waals surface area (Å²) in [6.45, 7) is 11.0. The van der Waals surface area contributed by atoms with Crippen molar-refractivity contribution >= 4 is 16.7 Å². The Morgan fingerprint density at radius 3 is 1.84 bits per heavy atom. The number of hydrogen-bond donors (Lipinski definition) is 0. The van der Waals surface area contributed by atoms with E-state index >= 15 is 0 Å². The van der Waals surface area contributed by atoms with Gasteiger partial charge in [0.05, 0.1) is 11.0 Å². The third-order valence-corrected chi connectivity index (χ3v) is 10.0. The van der Waals surface area contributed by atoms with Gasteiger partial charge in [-0.25, -0.2) is 4.98 Å². The molecule has 0 spiro atoms. The second kappa shape index (κ2) is 14.6. The number of para-hydroxylation sites is 2. The van der Waals surface area contributed by atoms with Crippen LogP contribution in [0.3, 0.4) is 0 Å². The van der Waals surface area contributed by atoms with Gasteiger partial charge in [0.2, 0.25) is 0 Å². The van der Waals surface area contributed by atoms with Crippen LogP contribution in [-0.4, -0.2) is 9.55 Å². The van der Waals surface area contributed by atoms with Gasteiger partial charge in [0, 0.05) is 16.7 Å². The number of hydrogen-bond acceptors (Lipinski definition) is 1. The maximum atomic E-state index is 4.89. The molecule has 0 atom stereocenters. The van der Waals surface area contributed by atoms with Crippen molar-refractivity contribution in [1.29, 1.82) is 0 Å². The normalized spacial score (nSPS) is 13.6. The van der Waals surface area contributed by atoms with Crippen LogP contribution in [0.5, 0.6) is 0 Å². The van der Waals surface area contributed by atoms with Crippen molar-refractivity contribution < 1.29 is 0 Å². The number of fused-ring (bicyclic) bond motifs is 4. The van der Waals surface area contributed by atoms with E-state index in [4.69, 9.17) is 4.98 Å². The molecule has 6 aromatic carbocycles. The maximum absolute atomic E-state index is 4.89. The summed E-state index contributed by atoms with van der Waals surface area (Å²) in [5.41, 5.74) is 17.1. The van der Waals surface area contributed by atoms with Crippen LogP contribution in [0, 0.1) is 20.8 Å². The summed E-state index contributed by atoms with van der Waals surface area (Å²) in [6.07, 6.45) is 8.71. The second-order valence-corrected chi connectivity index (χ2v) is 14.2. The highest BCUT2D eigenvalue weighted by molar-refractivity contribution is 5.85. The topological polar surface area (TPSA) is 17.8 Å². The monoisotopic (exact) mass is 662 g/mol. The van der Waals surface area contributed by atoms with Crippen LogP contribution in [0.15, 0.2) is 164 Å². The first-order valence-corrected chi connectivity index (χ1v) is 18.0. The van der Waals surface area contributed by atoms with E-state index in [0.29, 0.717) is 0 Å². The average molecular weight is 663 g/mol. The fraction of sp³-hybridized carbons (Fsp3) is 0.163. The van der Waals surface area contributed by atoms with Crippen LogP contribution < -0.4 is 0 Å². The molecule has 2 aliphatic rings. The van der Waals surface area contributed by atoms with Crippen molar-refractivity contribution in [2.24, 2.45) is 0 Å². The number of aryl methyl sites for hydroxylation is 3. The van der Waals surface area contributed by atoms with Crippen LogP contribution in [0.25, 0.3) is 50.4 Å². The van der Waals surface area contributed by atoms with E-state index in [1.165, 1.54) is 61.3 Å². The van der Waals surface area contributed by atoms with Gasteiger partial charge in [0.15, 0.2) is 0 Å². The third-order valence-electron chi connectivity index (χ3n) is 10.0. The predicted molar refractivity (Wildman–Crippen MR) is 218 cm³/mol. The largest absolute Gasteiger partial charge is 0.296 e. The van der Waals surface area contributed by atoms with Crippen LogP contribution in [-0.2, 0) is 5.41 Å². The zero-order valence-corrected chi connectivity index (χ0v) is 30.4. The van der Waals surface area contributed by atoms with Gasteiger partial charge in [-0.05, 0) is 85.2 Å². The molecule has 2 heteroatoms. The molecule has 9 rings (SSSR count). The van der Waals surface area contributed by atoms with Crippen LogP contribution >= 0.6 is 0 Å². The van der Waals surface area contributed by atoms with Crippen molar-refractivity contribution in [2.45, 2.75) is 52.9 Å². The maximum Gasteiger partial charge on any atom is 0.145 e. The van der Waals surface area contributed by atoms with E-state index in [0.717, 1.165) is 29.7 Å². The zero-order valence-electron chi connectivity index (χ0n) is 30.4. The Morgan fingerprint density at radius 2 is 1.14 bits per heavy atom. The van der Waals surface area contributed by atoms with E-state index in [9.17, 15) is 0 Å². The van der Waals surface area contributed by atoms with Gasteiger partial charge in [0.25, 0.3) is 0 Å². The fourth-order valence-electron chi connectivity index (χ4n) is 7.18. The molecule has 0 radical (unpaired) electrons. The van der Waals surface area contributed by atoms with Crippen molar-refractivity contribution in [3.8, 4) is 33.6 Å². The van der Waals surface area contributed by atoms with E-state index in [2.05, 4.69) is 191 Å². The van der Waals surface area contributed by atoms with Gasteiger partial charge in [-0.1, -0.05) is 176 Å². The molecule has 0 unspecified atom stereocenters.